The Kier molecular flexibility index (Phi) is 2.77. The van der Waals surface area contributed by atoms with E-state index < -0.39 is 5.97 Å². The quantitative estimate of drug-likeness (QED) is 0.892. The summed E-state index contributed by atoms with van der Waals surface area (Å²) in [5.74, 6) is -0.464. The predicted octanol–water partition coefficient (Wildman–Crippen LogP) is 3.55. The van der Waals surface area contributed by atoms with Gasteiger partial charge in [0.25, 0.3) is 0 Å². The van der Waals surface area contributed by atoms with Crippen molar-refractivity contribution in [1.82, 2.24) is 4.98 Å². The molecule has 1 aromatic carbocycles. The first-order chi connectivity index (χ1) is 9.11. The van der Waals surface area contributed by atoms with E-state index in [4.69, 9.17) is 4.98 Å². The number of hydrogen-bond donors (Lipinski definition) is 1. The molecule has 1 atom stereocenters. The highest BCUT2D eigenvalue weighted by Crippen LogP contribution is 2.36. The summed E-state index contributed by atoms with van der Waals surface area (Å²) in [5.41, 5.74) is 4.36. The molecule has 19 heavy (non-hydrogen) atoms. The van der Waals surface area contributed by atoms with Crippen LogP contribution >= 0.6 is 0 Å². The SMILES string of the molecule is CCc1ccc2nc3c(c(C(=O)O)c2c1)CCC3C. The number of nitrogens with zero attached hydrogens (tertiary/aromatic N) is 1. The highest BCUT2D eigenvalue weighted by molar-refractivity contribution is 6.04. The lowest BCUT2D eigenvalue weighted by Crippen LogP contribution is -2.06. The van der Waals surface area contributed by atoms with Crippen molar-refractivity contribution in [2.75, 3.05) is 0 Å². The summed E-state index contributed by atoms with van der Waals surface area (Å²) in [4.78, 5) is 16.3. The van der Waals surface area contributed by atoms with Gasteiger partial charge in [-0.2, -0.15) is 0 Å². The minimum atomic E-state index is -0.828. The second-order valence-electron chi connectivity index (χ2n) is 5.30. The largest absolute Gasteiger partial charge is 0.478 e. The molecule has 0 bridgehead atoms. The van der Waals surface area contributed by atoms with Crippen molar-refractivity contribution in [3.05, 3.63) is 40.6 Å². The molecule has 1 N–H and O–H groups in total. The zero-order valence-corrected chi connectivity index (χ0v) is 11.2. The number of carbonyl (C=O) groups is 1. The monoisotopic (exact) mass is 255 g/mol. The summed E-state index contributed by atoms with van der Waals surface area (Å²) in [6.45, 7) is 4.20. The highest BCUT2D eigenvalue weighted by Gasteiger charge is 2.27. The Morgan fingerprint density at radius 2 is 2.26 bits per heavy atom. The van der Waals surface area contributed by atoms with E-state index in [1.165, 1.54) is 0 Å². The zero-order valence-electron chi connectivity index (χ0n) is 11.2. The van der Waals surface area contributed by atoms with Gasteiger partial charge >= 0.3 is 5.97 Å². The smallest absolute Gasteiger partial charge is 0.336 e. The standard InChI is InChI=1S/C16H17NO2/c1-3-10-5-7-13-12(8-10)14(16(18)19)11-6-4-9(2)15(11)17-13/h5,7-9H,3-4,6H2,1-2H3,(H,18,19). The van der Waals surface area contributed by atoms with Gasteiger partial charge in [0.1, 0.15) is 0 Å². The average Bonchev–Trinajstić information content (AvgIpc) is 2.76. The molecule has 0 saturated carbocycles. The summed E-state index contributed by atoms with van der Waals surface area (Å²) in [7, 11) is 0. The molecule has 0 amide bonds. The van der Waals surface area contributed by atoms with Crippen LogP contribution in [0.25, 0.3) is 10.9 Å². The van der Waals surface area contributed by atoms with Crippen molar-refractivity contribution in [1.29, 1.82) is 0 Å². The fraction of sp³-hybridized carbons (Fsp3) is 0.375. The van der Waals surface area contributed by atoms with Crippen molar-refractivity contribution < 1.29 is 9.90 Å². The number of hydrogen-bond acceptors (Lipinski definition) is 2. The van der Waals surface area contributed by atoms with E-state index >= 15 is 0 Å². The van der Waals surface area contributed by atoms with Crippen LogP contribution in [0.3, 0.4) is 0 Å². The first-order valence-corrected chi connectivity index (χ1v) is 6.80. The maximum atomic E-state index is 11.7. The minimum absolute atomic E-state index is 0.364. The first-order valence-electron chi connectivity index (χ1n) is 6.80. The lowest BCUT2D eigenvalue weighted by Gasteiger charge is -2.11. The molecule has 0 saturated heterocycles. The summed E-state index contributed by atoms with van der Waals surface area (Å²) in [6.07, 6.45) is 2.74. The van der Waals surface area contributed by atoms with Crippen LogP contribution in [0, 0.1) is 0 Å². The van der Waals surface area contributed by atoms with E-state index in [0.717, 1.165) is 47.0 Å². The predicted molar refractivity (Wildman–Crippen MR) is 74.8 cm³/mol. The van der Waals surface area contributed by atoms with Gasteiger partial charge in [-0.25, -0.2) is 4.79 Å². The number of fused-ring (bicyclic) bond motifs is 2. The van der Waals surface area contributed by atoms with Crippen LogP contribution in [-0.4, -0.2) is 16.1 Å². The number of carboxylic acid groups (broad SMARTS) is 1. The second kappa shape index (κ2) is 4.34. The summed E-state index contributed by atoms with van der Waals surface area (Å²) < 4.78 is 0. The maximum absolute atomic E-state index is 11.7. The number of aryl methyl sites for hydroxylation is 1. The van der Waals surface area contributed by atoms with Crippen LogP contribution in [0.15, 0.2) is 18.2 Å². The number of pyridine rings is 1. The fourth-order valence-corrected chi connectivity index (χ4v) is 2.99. The molecule has 0 radical (unpaired) electrons. The van der Waals surface area contributed by atoms with Gasteiger partial charge in [0.2, 0.25) is 0 Å². The van der Waals surface area contributed by atoms with Crippen LogP contribution in [0.4, 0.5) is 0 Å². The molecule has 1 aliphatic rings. The molecule has 0 fully saturated rings. The third-order valence-corrected chi connectivity index (χ3v) is 4.10. The van der Waals surface area contributed by atoms with E-state index in [2.05, 4.69) is 13.8 Å². The van der Waals surface area contributed by atoms with E-state index in [1.54, 1.807) is 0 Å². The molecule has 3 heteroatoms. The molecule has 3 nitrogen and oxygen atoms in total. The molecule has 98 valence electrons. The molecular weight excluding hydrogens is 238 g/mol. The van der Waals surface area contributed by atoms with Crippen LogP contribution in [0.2, 0.25) is 0 Å². The average molecular weight is 255 g/mol. The Balaban J connectivity index is 2.39. The van der Waals surface area contributed by atoms with Gasteiger partial charge in [0, 0.05) is 11.1 Å². The van der Waals surface area contributed by atoms with Gasteiger partial charge in [0.15, 0.2) is 0 Å². The molecule has 1 aliphatic carbocycles. The topological polar surface area (TPSA) is 50.2 Å². The highest BCUT2D eigenvalue weighted by atomic mass is 16.4. The maximum Gasteiger partial charge on any atom is 0.336 e. The van der Waals surface area contributed by atoms with Crippen molar-refractivity contribution in [2.45, 2.75) is 39.0 Å². The molecule has 3 rings (SSSR count). The van der Waals surface area contributed by atoms with E-state index in [0.29, 0.717) is 11.5 Å². The second-order valence-corrected chi connectivity index (χ2v) is 5.30. The molecule has 1 heterocycles. The van der Waals surface area contributed by atoms with Gasteiger partial charge in [-0.15, -0.1) is 0 Å². The van der Waals surface area contributed by atoms with Crippen molar-refractivity contribution in [3.8, 4) is 0 Å². The van der Waals surface area contributed by atoms with Gasteiger partial charge in [0.05, 0.1) is 11.1 Å². The number of aromatic carboxylic acids is 1. The lowest BCUT2D eigenvalue weighted by molar-refractivity contribution is 0.0698. The Labute approximate surface area is 112 Å². The third kappa shape index (κ3) is 1.81. The Morgan fingerprint density at radius 3 is 2.95 bits per heavy atom. The molecule has 1 unspecified atom stereocenters. The molecule has 0 spiro atoms. The van der Waals surface area contributed by atoms with Crippen molar-refractivity contribution in [2.24, 2.45) is 0 Å². The number of carboxylic acids is 1. The number of aromatic nitrogens is 1. The Bertz CT molecular complexity index is 676. The first kappa shape index (κ1) is 12.2. The van der Waals surface area contributed by atoms with Crippen LogP contribution in [0.1, 0.15) is 53.4 Å². The van der Waals surface area contributed by atoms with Crippen LogP contribution < -0.4 is 0 Å². The van der Waals surface area contributed by atoms with E-state index in [1.807, 2.05) is 18.2 Å². The van der Waals surface area contributed by atoms with Crippen LogP contribution in [-0.2, 0) is 12.8 Å². The van der Waals surface area contributed by atoms with Crippen molar-refractivity contribution >= 4 is 16.9 Å². The third-order valence-electron chi connectivity index (χ3n) is 4.10. The van der Waals surface area contributed by atoms with Gasteiger partial charge < -0.3 is 5.11 Å². The summed E-state index contributed by atoms with van der Waals surface area (Å²) in [6, 6.07) is 5.97. The molecule has 1 aromatic heterocycles. The minimum Gasteiger partial charge on any atom is -0.478 e. The van der Waals surface area contributed by atoms with E-state index in [-0.39, 0.29) is 0 Å². The Morgan fingerprint density at radius 1 is 1.47 bits per heavy atom. The molecule has 2 aromatic rings. The number of rotatable bonds is 2. The van der Waals surface area contributed by atoms with Gasteiger partial charge in [-0.05, 0) is 48.4 Å². The zero-order chi connectivity index (χ0) is 13.6. The Hall–Kier alpha value is -1.90. The summed E-state index contributed by atoms with van der Waals surface area (Å²) in [5, 5.41) is 10.4. The molecular formula is C16H17NO2. The normalized spacial score (nSPS) is 17.7. The summed E-state index contributed by atoms with van der Waals surface area (Å²) >= 11 is 0. The van der Waals surface area contributed by atoms with Crippen molar-refractivity contribution in [3.63, 3.8) is 0 Å². The molecule has 0 aliphatic heterocycles. The lowest BCUT2D eigenvalue weighted by atomic mass is 9.98. The van der Waals surface area contributed by atoms with Gasteiger partial charge in [-0.3, -0.25) is 4.98 Å². The van der Waals surface area contributed by atoms with E-state index in [9.17, 15) is 9.90 Å². The van der Waals surface area contributed by atoms with Gasteiger partial charge in [-0.1, -0.05) is 19.9 Å². The number of benzene rings is 1. The van der Waals surface area contributed by atoms with Crippen LogP contribution in [0.5, 0.6) is 0 Å². The fourth-order valence-electron chi connectivity index (χ4n) is 2.99.